The largest absolute Gasteiger partial charge is 0.497 e. The van der Waals surface area contributed by atoms with E-state index in [1.807, 2.05) is 25.1 Å². The zero-order valence-corrected chi connectivity index (χ0v) is 24.3. The van der Waals surface area contributed by atoms with Crippen molar-refractivity contribution in [3.8, 4) is 17.2 Å². The average molecular weight is 602 g/mol. The van der Waals surface area contributed by atoms with E-state index in [2.05, 4.69) is 15.9 Å². The molecule has 0 spiro atoms. The van der Waals surface area contributed by atoms with Gasteiger partial charge in [-0.2, -0.15) is 0 Å². The molecule has 0 N–H and O–H groups in total. The smallest absolute Gasteiger partial charge is 0.338 e. The van der Waals surface area contributed by atoms with Gasteiger partial charge in [0.25, 0.3) is 5.56 Å². The van der Waals surface area contributed by atoms with Crippen LogP contribution in [0.15, 0.2) is 61.9 Å². The highest BCUT2D eigenvalue weighted by molar-refractivity contribution is 9.10. The van der Waals surface area contributed by atoms with Crippen LogP contribution in [0.2, 0.25) is 0 Å². The number of aromatic nitrogens is 1. The molecular formula is C28H29BrN2O6S. The van der Waals surface area contributed by atoms with Crippen molar-refractivity contribution in [2.24, 2.45) is 4.99 Å². The lowest BCUT2D eigenvalue weighted by atomic mass is 9.93. The number of fused-ring (bicyclic) bond motifs is 1. The first kappa shape index (κ1) is 27.7. The molecule has 1 aliphatic rings. The Morgan fingerprint density at radius 3 is 2.45 bits per heavy atom. The van der Waals surface area contributed by atoms with Crippen LogP contribution in [0, 0.1) is 0 Å². The Kier molecular flexibility index (Phi) is 8.73. The number of carbonyl (C=O) groups excluding carboxylic acids is 1. The van der Waals surface area contributed by atoms with Gasteiger partial charge in [-0.1, -0.05) is 40.6 Å². The lowest BCUT2D eigenvalue weighted by molar-refractivity contribution is -0.139. The number of carbonyl (C=O) groups is 1. The molecule has 10 heteroatoms. The molecule has 0 unspecified atom stereocenters. The Morgan fingerprint density at radius 1 is 1.08 bits per heavy atom. The van der Waals surface area contributed by atoms with Gasteiger partial charge in [0.1, 0.15) is 23.3 Å². The number of nitrogens with zero attached hydrogens (tertiary/aromatic N) is 2. The fourth-order valence-electron chi connectivity index (χ4n) is 4.37. The molecule has 1 aromatic heterocycles. The Hall–Kier alpha value is -3.37. The van der Waals surface area contributed by atoms with Crippen molar-refractivity contribution in [3.05, 3.63) is 83.0 Å². The fourth-order valence-corrected chi connectivity index (χ4v) is 5.74. The Morgan fingerprint density at radius 2 is 1.79 bits per heavy atom. The van der Waals surface area contributed by atoms with Gasteiger partial charge in [-0.25, -0.2) is 9.79 Å². The van der Waals surface area contributed by atoms with Gasteiger partial charge in [-0.15, -0.1) is 0 Å². The average Bonchev–Trinajstić information content (AvgIpc) is 3.23. The predicted octanol–water partition coefficient (Wildman–Crippen LogP) is 4.37. The van der Waals surface area contributed by atoms with Crippen molar-refractivity contribution in [1.29, 1.82) is 0 Å². The third-order valence-electron chi connectivity index (χ3n) is 6.11. The maximum atomic E-state index is 14.0. The summed E-state index contributed by atoms with van der Waals surface area (Å²) < 4.78 is 24.8. The van der Waals surface area contributed by atoms with Crippen LogP contribution in [-0.4, -0.2) is 38.5 Å². The van der Waals surface area contributed by atoms with Crippen molar-refractivity contribution in [2.75, 3.05) is 27.9 Å². The summed E-state index contributed by atoms with van der Waals surface area (Å²) in [6.07, 6.45) is 3.10. The summed E-state index contributed by atoms with van der Waals surface area (Å²) in [5.74, 6) is 1.24. The zero-order valence-electron chi connectivity index (χ0n) is 21.9. The molecule has 0 radical (unpaired) electrons. The van der Waals surface area contributed by atoms with Crippen LogP contribution in [0.25, 0.3) is 6.08 Å². The first-order valence-electron chi connectivity index (χ1n) is 12.1. The second kappa shape index (κ2) is 12.0. The van der Waals surface area contributed by atoms with E-state index in [4.69, 9.17) is 23.9 Å². The molecule has 38 heavy (non-hydrogen) atoms. The number of hydrogen-bond acceptors (Lipinski definition) is 8. The molecule has 0 saturated heterocycles. The molecular weight excluding hydrogens is 572 g/mol. The Bertz CT molecular complexity index is 1570. The highest BCUT2D eigenvalue weighted by Crippen LogP contribution is 2.38. The summed E-state index contributed by atoms with van der Waals surface area (Å²) in [7, 11) is 4.71. The van der Waals surface area contributed by atoms with Crippen LogP contribution in [0.5, 0.6) is 17.2 Å². The maximum absolute atomic E-state index is 14.0. The molecule has 0 saturated carbocycles. The monoisotopic (exact) mass is 600 g/mol. The zero-order chi connectivity index (χ0) is 27.4. The van der Waals surface area contributed by atoms with Gasteiger partial charge in [0.2, 0.25) is 0 Å². The first-order chi connectivity index (χ1) is 18.4. The number of thiazole rings is 1. The van der Waals surface area contributed by atoms with Crippen LogP contribution in [0.1, 0.15) is 43.9 Å². The van der Waals surface area contributed by atoms with E-state index in [-0.39, 0.29) is 12.2 Å². The van der Waals surface area contributed by atoms with Crippen LogP contribution < -0.4 is 29.1 Å². The molecule has 0 fully saturated rings. The van der Waals surface area contributed by atoms with E-state index in [0.29, 0.717) is 49.8 Å². The quantitative estimate of drug-likeness (QED) is 0.339. The van der Waals surface area contributed by atoms with Gasteiger partial charge in [-0.05, 0) is 61.4 Å². The topological polar surface area (TPSA) is 88.4 Å². The number of allylic oxidation sites excluding steroid dienone is 1. The van der Waals surface area contributed by atoms with Gasteiger partial charge in [0, 0.05) is 10.0 Å². The van der Waals surface area contributed by atoms with Crippen molar-refractivity contribution in [3.63, 3.8) is 0 Å². The first-order valence-corrected chi connectivity index (χ1v) is 13.7. The molecule has 200 valence electrons. The summed E-state index contributed by atoms with van der Waals surface area (Å²) in [6.45, 7) is 3.96. The number of rotatable bonds is 9. The molecule has 2 heterocycles. The van der Waals surface area contributed by atoms with Crippen molar-refractivity contribution in [2.45, 2.75) is 32.7 Å². The number of esters is 1. The van der Waals surface area contributed by atoms with Crippen LogP contribution in [0.4, 0.5) is 0 Å². The van der Waals surface area contributed by atoms with Gasteiger partial charge in [-0.3, -0.25) is 9.36 Å². The molecule has 1 aliphatic heterocycles. The van der Waals surface area contributed by atoms with E-state index in [1.165, 1.54) is 11.3 Å². The van der Waals surface area contributed by atoms with Gasteiger partial charge in [0.15, 0.2) is 4.80 Å². The highest BCUT2D eigenvalue weighted by atomic mass is 79.9. The summed E-state index contributed by atoms with van der Waals surface area (Å²) in [4.78, 5) is 32.7. The number of benzene rings is 2. The Labute approximate surface area is 233 Å². The number of hydrogen-bond donors (Lipinski definition) is 0. The normalized spacial score (nSPS) is 15.1. The summed E-state index contributed by atoms with van der Waals surface area (Å²) in [5.41, 5.74) is 2.02. The molecule has 1 atom stereocenters. The lowest BCUT2D eigenvalue weighted by Crippen LogP contribution is -2.40. The minimum atomic E-state index is -0.812. The molecule has 2 aromatic carbocycles. The molecule has 8 nitrogen and oxygen atoms in total. The van der Waals surface area contributed by atoms with Crippen LogP contribution in [0.3, 0.4) is 0 Å². The minimum absolute atomic E-state index is 0.192. The van der Waals surface area contributed by atoms with E-state index in [9.17, 15) is 9.59 Å². The number of ether oxygens (including phenoxy) is 4. The highest BCUT2D eigenvalue weighted by Gasteiger charge is 2.36. The van der Waals surface area contributed by atoms with Gasteiger partial charge < -0.3 is 18.9 Å². The number of methoxy groups -OCH3 is 3. The number of halogens is 1. The van der Waals surface area contributed by atoms with Crippen molar-refractivity contribution >= 4 is 39.3 Å². The predicted molar refractivity (Wildman–Crippen MR) is 150 cm³/mol. The van der Waals surface area contributed by atoms with E-state index in [1.54, 1.807) is 57.1 Å². The standard InChI is InChI=1S/C28H29BrN2O6S/c1-6-8-21-24(27(33)37-7-2)25(19-15-18(35-4)10-12-22(19)36-5)31-26(32)23(38-28(31)30-21)14-16-13-17(34-3)9-11-20(16)29/h9-15,25H,6-8H2,1-5H3/b23-14-/t25-/m1/s1. The second-order valence-electron chi connectivity index (χ2n) is 8.41. The van der Waals surface area contributed by atoms with Crippen molar-refractivity contribution < 1.29 is 23.7 Å². The van der Waals surface area contributed by atoms with E-state index < -0.39 is 12.0 Å². The summed E-state index contributed by atoms with van der Waals surface area (Å²) in [5, 5.41) is 0. The van der Waals surface area contributed by atoms with E-state index >= 15 is 0 Å². The third kappa shape index (κ3) is 5.28. The summed E-state index contributed by atoms with van der Waals surface area (Å²) in [6, 6.07) is 10.1. The van der Waals surface area contributed by atoms with Crippen LogP contribution >= 0.6 is 27.3 Å². The van der Waals surface area contributed by atoms with Gasteiger partial charge >= 0.3 is 5.97 Å². The van der Waals surface area contributed by atoms with Crippen molar-refractivity contribution in [1.82, 2.24) is 4.57 Å². The Balaban J connectivity index is 2.06. The molecule has 3 aromatic rings. The lowest BCUT2D eigenvalue weighted by Gasteiger charge is -2.27. The minimum Gasteiger partial charge on any atom is -0.497 e. The fraction of sp³-hybridized carbons (Fsp3) is 0.321. The summed E-state index contributed by atoms with van der Waals surface area (Å²) >= 11 is 4.82. The molecule has 0 aliphatic carbocycles. The SMILES string of the molecule is CCCC1=C(C(=O)OCC)[C@@H](c2cc(OC)ccc2OC)n2c(s/c(=C\c3cc(OC)ccc3Br)c2=O)=N1. The molecule has 0 amide bonds. The van der Waals surface area contributed by atoms with Crippen LogP contribution in [-0.2, 0) is 9.53 Å². The molecule has 0 bridgehead atoms. The van der Waals surface area contributed by atoms with E-state index in [0.717, 1.165) is 16.5 Å². The maximum Gasteiger partial charge on any atom is 0.338 e. The molecule has 4 rings (SSSR count). The third-order valence-corrected chi connectivity index (χ3v) is 7.82. The second-order valence-corrected chi connectivity index (χ2v) is 10.3. The van der Waals surface area contributed by atoms with Gasteiger partial charge in [0.05, 0.1) is 43.7 Å².